The highest BCUT2D eigenvalue weighted by Gasteiger charge is 2.16. The van der Waals surface area contributed by atoms with Crippen LogP contribution in [0.5, 0.6) is 0 Å². The normalized spacial score (nSPS) is 10.5. The number of carbonyl (C=O) groups excluding carboxylic acids is 2. The van der Waals surface area contributed by atoms with Crippen molar-refractivity contribution < 1.29 is 14.0 Å². The Hall–Kier alpha value is -2.86. The summed E-state index contributed by atoms with van der Waals surface area (Å²) in [6, 6.07) is 10.5. The first-order valence-electron chi connectivity index (χ1n) is 7.76. The average molecular weight is 354 g/mol. The second-order valence-corrected chi connectivity index (χ2v) is 6.53. The van der Waals surface area contributed by atoms with E-state index in [1.54, 1.807) is 47.5 Å². The van der Waals surface area contributed by atoms with Crippen molar-refractivity contribution in [3.8, 4) is 0 Å². The Bertz CT molecular complexity index is 870. The van der Waals surface area contributed by atoms with Gasteiger partial charge in [0.05, 0.1) is 6.26 Å². The Morgan fingerprint density at radius 1 is 1.24 bits per heavy atom. The molecule has 0 unspecified atom stereocenters. The molecule has 2 amide bonds. The molecule has 0 atom stereocenters. The summed E-state index contributed by atoms with van der Waals surface area (Å²) >= 11 is 1.60. The number of benzene rings is 1. The van der Waals surface area contributed by atoms with E-state index in [0.29, 0.717) is 17.8 Å². The number of nitrogens with one attached hydrogen (secondary N) is 1. The molecule has 6 heteroatoms. The number of amides is 2. The molecule has 2 aromatic heterocycles. The number of aryl methyl sites for hydroxylation is 1. The number of hydrogen-bond acceptors (Lipinski definition) is 4. The topological polar surface area (TPSA) is 62.6 Å². The minimum absolute atomic E-state index is 0.0975. The van der Waals surface area contributed by atoms with E-state index in [4.69, 9.17) is 4.42 Å². The lowest BCUT2D eigenvalue weighted by Crippen LogP contribution is -2.26. The minimum atomic E-state index is -0.343. The van der Waals surface area contributed by atoms with E-state index < -0.39 is 0 Å². The Labute approximate surface area is 149 Å². The van der Waals surface area contributed by atoms with Crippen LogP contribution < -0.4 is 5.32 Å². The first-order chi connectivity index (χ1) is 12.0. The molecular weight excluding hydrogens is 336 g/mol. The highest BCUT2D eigenvalue weighted by atomic mass is 32.1. The summed E-state index contributed by atoms with van der Waals surface area (Å²) in [5.74, 6) is -0.213. The lowest BCUT2D eigenvalue weighted by molar-refractivity contribution is 0.0785. The first-order valence-corrected chi connectivity index (χ1v) is 8.71. The molecule has 128 valence electrons. The van der Waals surface area contributed by atoms with Crippen molar-refractivity contribution in [2.75, 3.05) is 12.4 Å². The van der Waals surface area contributed by atoms with Gasteiger partial charge in [-0.1, -0.05) is 6.07 Å². The molecule has 0 aliphatic rings. The Kier molecular flexibility index (Phi) is 5.00. The van der Waals surface area contributed by atoms with Crippen molar-refractivity contribution in [1.82, 2.24) is 4.90 Å². The van der Waals surface area contributed by atoms with E-state index in [1.165, 1.54) is 6.26 Å². The monoisotopic (exact) mass is 354 g/mol. The lowest BCUT2D eigenvalue weighted by Gasteiger charge is -2.17. The summed E-state index contributed by atoms with van der Waals surface area (Å²) in [6.07, 6.45) is 1.45. The number of nitrogens with zero attached hydrogens (tertiary/aromatic N) is 1. The van der Waals surface area contributed by atoms with Gasteiger partial charge in [0.15, 0.2) is 5.76 Å². The van der Waals surface area contributed by atoms with Gasteiger partial charge in [0.1, 0.15) is 0 Å². The molecule has 3 aromatic rings. The Morgan fingerprint density at radius 2 is 2.08 bits per heavy atom. The van der Waals surface area contributed by atoms with Crippen LogP contribution >= 0.6 is 11.3 Å². The van der Waals surface area contributed by atoms with Crippen molar-refractivity contribution in [2.24, 2.45) is 0 Å². The molecule has 3 rings (SSSR count). The maximum absolute atomic E-state index is 12.6. The van der Waals surface area contributed by atoms with Crippen LogP contribution in [0.3, 0.4) is 0 Å². The van der Waals surface area contributed by atoms with Crippen LogP contribution in [0, 0.1) is 6.92 Å². The molecule has 0 bridgehead atoms. The van der Waals surface area contributed by atoms with Crippen LogP contribution in [0.2, 0.25) is 0 Å². The molecule has 2 heterocycles. The SMILES string of the molecule is Cc1ccc(C(=O)N(C)Cc2ccsc2)cc1NC(=O)c1ccco1. The number of thiophene rings is 1. The van der Waals surface area contributed by atoms with E-state index in [1.807, 2.05) is 29.8 Å². The molecule has 25 heavy (non-hydrogen) atoms. The molecule has 0 aliphatic carbocycles. The van der Waals surface area contributed by atoms with Gasteiger partial charge in [0.2, 0.25) is 0 Å². The molecule has 0 aliphatic heterocycles. The zero-order valence-electron chi connectivity index (χ0n) is 14.0. The van der Waals surface area contributed by atoms with Crippen molar-refractivity contribution in [2.45, 2.75) is 13.5 Å². The number of rotatable bonds is 5. The number of carbonyl (C=O) groups is 2. The number of furan rings is 1. The number of anilines is 1. The van der Waals surface area contributed by atoms with E-state index in [0.717, 1.165) is 11.1 Å². The second kappa shape index (κ2) is 7.36. The standard InChI is InChI=1S/C19H18N2O3S/c1-13-5-6-15(19(23)21(2)11-14-7-9-25-12-14)10-16(13)20-18(22)17-4-3-8-24-17/h3-10,12H,11H2,1-2H3,(H,20,22). The predicted molar refractivity (Wildman–Crippen MR) is 98.0 cm³/mol. The fourth-order valence-electron chi connectivity index (χ4n) is 2.43. The minimum Gasteiger partial charge on any atom is -0.459 e. The van der Waals surface area contributed by atoms with E-state index in [9.17, 15) is 9.59 Å². The Morgan fingerprint density at radius 3 is 2.76 bits per heavy atom. The quantitative estimate of drug-likeness (QED) is 0.748. The maximum Gasteiger partial charge on any atom is 0.291 e. The van der Waals surface area contributed by atoms with Gasteiger partial charge in [0, 0.05) is 24.8 Å². The predicted octanol–water partition coefficient (Wildman–Crippen LogP) is 4.17. The molecule has 1 N–H and O–H groups in total. The van der Waals surface area contributed by atoms with Crippen molar-refractivity contribution >= 4 is 28.8 Å². The molecule has 0 radical (unpaired) electrons. The largest absolute Gasteiger partial charge is 0.459 e. The third kappa shape index (κ3) is 3.97. The molecule has 0 fully saturated rings. The maximum atomic E-state index is 12.6. The van der Waals surface area contributed by atoms with E-state index in [2.05, 4.69) is 5.32 Å². The molecule has 5 nitrogen and oxygen atoms in total. The lowest BCUT2D eigenvalue weighted by atomic mass is 10.1. The number of hydrogen-bond donors (Lipinski definition) is 1. The van der Waals surface area contributed by atoms with E-state index in [-0.39, 0.29) is 17.6 Å². The third-order valence-electron chi connectivity index (χ3n) is 3.82. The van der Waals surface area contributed by atoms with Crippen LogP contribution in [0.4, 0.5) is 5.69 Å². The molecule has 0 saturated heterocycles. The van der Waals surface area contributed by atoms with Gasteiger partial charge >= 0.3 is 0 Å². The van der Waals surface area contributed by atoms with Crippen LogP contribution in [-0.4, -0.2) is 23.8 Å². The summed E-state index contributed by atoms with van der Waals surface area (Å²) in [5.41, 5.74) is 3.09. The summed E-state index contributed by atoms with van der Waals surface area (Å²) in [4.78, 5) is 26.5. The zero-order valence-corrected chi connectivity index (χ0v) is 14.8. The van der Waals surface area contributed by atoms with Gasteiger partial charge in [-0.2, -0.15) is 11.3 Å². The van der Waals surface area contributed by atoms with Gasteiger partial charge in [-0.05, 0) is 59.1 Å². The van der Waals surface area contributed by atoms with Crippen LogP contribution in [0.1, 0.15) is 32.0 Å². The fraction of sp³-hybridized carbons (Fsp3) is 0.158. The highest BCUT2D eigenvalue weighted by molar-refractivity contribution is 7.07. The smallest absolute Gasteiger partial charge is 0.291 e. The zero-order chi connectivity index (χ0) is 17.8. The van der Waals surface area contributed by atoms with Gasteiger partial charge in [-0.15, -0.1) is 0 Å². The van der Waals surface area contributed by atoms with Crippen molar-refractivity contribution in [1.29, 1.82) is 0 Å². The molecule has 1 aromatic carbocycles. The summed E-state index contributed by atoms with van der Waals surface area (Å²) < 4.78 is 5.10. The molecular formula is C19H18N2O3S. The Balaban J connectivity index is 1.76. The van der Waals surface area contributed by atoms with Gasteiger partial charge < -0.3 is 14.6 Å². The average Bonchev–Trinajstić information content (AvgIpc) is 3.29. The third-order valence-corrected chi connectivity index (χ3v) is 4.56. The van der Waals surface area contributed by atoms with Gasteiger partial charge in [-0.3, -0.25) is 9.59 Å². The van der Waals surface area contributed by atoms with Crippen LogP contribution in [0.15, 0.2) is 57.8 Å². The van der Waals surface area contributed by atoms with Gasteiger partial charge in [-0.25, -0.2) is 0 Å². The van der Waals surface area contributed by atoms with Crippen molar-refractivity contribution in [3.05, 3.63) is 75.9 Å². The summed E-state index contributed by atoms with van der Waals surface area (Å²) in [7, 11) is 1.76. The summed E-state index contributed by atoms with van der Waals surface area (Å²) in [5, 5.41) is 6.80. The summed E-state index contributed by atoms with van der Waals surface area (Å²) in [6.45, 7) is 2.42. The second-order valence-electron chi connectivity index (χ2n) is 5.75. The van der Waals surface area contributed by atoms with Crippen LogP contribution in [-0.2, 0) is 6.54 Å². The highest BCUT2D eigenvalue weighted by Crippen LogP contribution is 2.20. The van der Waals surface area contributed by atoms with Crippen molar-refractivity contribution in [3.63, 3.8) is 0 Å². The van der Waals surface area contributed by atoms with E-state index >= 15 is 0 Å². The van der Waals surface area contributed by atoms with Gasteiger partial charge in [0.25, 0.3) is 11.8 Å². The van der Waals surface area contributed by atoms with Crippen LogP contribution in [0.25, 0.3) is 0 Å². The molecule has 0 saturated carbocycles. The molecule has 0 spiro atoms. The first kappa shape index (κ1) is 17.0. The fourth-order valence-corrected chi connectivity index (χ4v) is 3.09.